The van der Waals surface area contributed by atoms with Crippen LogP contribution in [0.4, 0.5) is 4.39 Å². The Morgan fingerprint density at radius 1 is 1.17 bits per heavy atom. The molecule has 3 nitrogen and oxygen atoms in total. The fourth-order valence-corrected chi connectivity index (χ4v) is 3.24. The Kier molecular flexibility index (Phi) is 5.11. The number of ketones is 1. The van der Waals surface area contributed by atoms with Crippen molar-refractivity contribution in [2.75, 3.05) is 0 Å². The van der Waals surface area contributed by atoms with E-state index in [1.54, 1.807) is 11.3 Å². The third kappa shape index (κ3) is 4.11. The number of hydrogen-bond acceptors (Lipinski definition) is 3. The third-order valence-electron chi connectivity index (χ3n) is 3.74. The minimum Gasteiger partial charge on any atom is -0.294 e. The van der Waals surface area contributed by atoms with E-state index in [1.165, 1.54) is 24.3 Å². The maximum absolute atomic E-state index is 12.9. The number of benzene rings is 1. The average molecular weight is 341 g/mol. The van der Waals surface area contributed by atoms with Crippen LogP contribution in [0.25, 0.3) is 10.6 Å². The zero-order chi connectivity index (χ0) is 16.9. The van der Waals surface area contributed by atoms with E-state index in [-0.39, 0.29) is 11.6 Å². The Labute approximate surface area is 144 Å². The zero-order valence-corrected chi connectivity index (χ0v) is 14.2. The molecule has 0 aliphatic rings. The average Bonchev–Trinajstić information content (AvgIpc) is 3.02. The highest BCUT2D eigenvalue weighted by Gasteiger charge is 2.09. The van der Waals surface area contributed by atoms with Gasteiger partial charge in [-0.15, -0.1) is 11.3 Å². The predicted molar refractivity (Wildman–Crippen MR) is 92.4 cm³/mol. The van der Waals surface area contributed by atoms with Gasteiger partial charge in [0.2, 0.25) is 0 Å². The summed E-state index contributed by atoms with van der Waals surface area (Å²) in [6, 6.07) is 9.80. The minimum absolute atomic E-state index is 0.0467. The first-order valence-electron chi connectivity index (χ1n) is 7.82. The summed E-state index contributed by atoms with van der Waals surface area (Å²) in [6.07, 6.45) is 5.21. The van der Waals surface area contributed by atoms with Gasteiger partial charge in [0.25, 0.3) is 0 Å². The molecule has 0 saturated carbocycles. The van der Waals surface area contributed by atoms with Crippen molar-refractivity contribution in [3.05, 3.63) is 71.2 Å². The van der Waals surface area contributed by atoms with Crippen LogP contribution in [0.1, 0.15) is 28.9 Å². The van der Waals surface area contributed by atoms with Crippen LogP contribution < -0.4 is 4.57 Å². The highest BCUT2D eigenvalue weighted by atomic mass is 32.1. The monoisotopic (exact) mass is 341 g/mol. The second-order valence-corrected chi connectivity index (χ2v) is 6.51. The van der Waals surface area contributed by atoms with Crippen molar-refractivity contribution in [2.45, 2.75) is 26.3 Å². The molecule has 5 heteroatoms. The molecule has 0 aliphatic heterocycles. The molecule has 2 heterocycles. The van der Waals surface area contributed by atoms with Crippen molar-refractivity contribution in [3.63, 3.8) is 0 Å². The highest BCUT2D eigenvalue weighted by Crippen LogP contribution is 2.22. The van der Waals surface area contributed by atoms with Crippen LogP contribution in [0.2, 0.25) is 0 Å². The number of aromatic nitrogens is 2. The van der Waals surface area contributed by atoms with Crippen molar-refractivity contribution < 1.29 is 13.8 Å². The third-order valence-corrected chi connectivity index (χ3v) is 4.75. The predicted octanol–water partition coefficient (Wildman–Crippen LogP) is 4.21. The first-order chi connectivity index (χ1) is 11.6. The van der Waals surface area contributed by atoms with Crippen molar-refractivity contribution in [3.8, 4) is 10.6 Å². The molecule has 0 aliphatic carbocycles. The van der Waals surface area contributed by atoms with E-state index in [4.69, 9.17) is 0 Å². The van der Waals surface area contributed by atoms with Gasteiger partial charge in [-0.2, -0.15) is 0 Å². The van der Waals surface area contributed by atoms with Gasteiger partial charge in [-0.25, -0.2) is 13.9 Å². The summed E-state index contributed by atoms with van der Waals surface area (Å²) in [4.78, 5) is 16.5. The van der Waals surface area contributed by atoms with Crippen LogP contribution in [0.5, 0.6) is 0 Å². The lowest BCUT2D eigenvalue weighted by Crippen LogP contribution is -2.32. The largest absolute Gasteiger partial charge is 0.294 e. The van der Waals surface area contributed by atoms with Gasteiger partial charge in [0.15, 0.2) is 18.2 Å². The maximum atomic E-state index is 12.9. The van der Waals surface area contributed by atoms with Gasteiger partial charge in [-0.3, -0.25) is 4.79 Å². The van der Waals surface area contributed by atoms with E-state index < -0.39 is 0 Å². The number of hydrogen-bond donors (Lipinski definition) is 0. The lowest BCUT2D eigenvalue weighted by atomic mass is 10.1. The normalized spacial score (nSPS) is 10.8. The highest BCUT2D eigenvalue weighted by molar-refractivity contribution is 7.13. The molecule has 0 bridgehead atoms. The molecule has 0 unspecified atom stereocenters. The molecular weight excluding hydrogens is 323 g/mol. The number of carbonyl (C=O) groups excluding carboxylic acids is 1. The smallest absolute Gasteiger partial charge is 0.169 e. The molecular formula is C19H18FN2OS+. The van der Waals surface area contributed by atoms with Crippen LogP contribution in [0, 0.1) is 12.7 Å². The van der Waals surface area contributed by atoms with Crippen molar-refractivity contribution in [2.24, 2.45) is 0 Å². The number of carbonyl (C=O) groups is 1. The van der Waals surface area contributed by atoms with E-state index in [1.807, 2.05) is 36.8 Å². The first kappa shape index (κ1) is 16.5. The van der Waals surface area contributed by atoms with Crippen molar-refractivity contribution in [1.29, 1.82) is 0 Å². The Bertz CT molecular complexity index is 825. The van der Waals surface area contributed by atoms with E-state index >= 15 is 0 Å². The van der Waals surface area contributed by atoms with Gasteiger partial charge < -0.3 is 0 Å². The van der Waals surface area contributed by atoms with Gasteiger partial charge in [-0.05, 0) is 31.2 Å². The molecule has 2 aromatic heterocycles. The fourth-order valence-electron chi connectivity index (χ4n) is 2.44. The fraction of sp³-hybridized carbons (Fsp3) is 0.211. The molecule has 1 aromatic carbocycles. The number of Topliss-reactive ketones (excluding diaryl/α,β-unsaturated/α-hetero) is 1. The van der Waals surface area contributed by atoms with E-state index in [0.717, 1.165) is 29.2 Å². The molecule has 24 heavy (non-hydrogen) atoms. The van der Waals surface area contributed by atoms with E-state index in [0.29, 0.717) is 12.0 Å². The van der Waals surface area contributed by atoms with Gasteiger partial charge in [-0.1, -0.05) is 0 Å². The van der Waals surface area contributed by atoms with Gasteiger partial charge in [0.1, 0.15) is 17.4 Å². The van der Waals surface area contributed by atoms with Crippen molar-refractivity contribution in [1.82, 2.24) is 4.98 Å². The molecule has 0 amide bonds. The summed E-state index contributed by atoms with van der Waals surface area (Å²) in [6.45, 7) is 2.76. The molecule has 0 fully saturated rings. The quantitative estimate of drug-likeness (QED) is 0.497. The lowest BCUT2D eigenvalue weighted by molar-refractivity contribution is -0.697. The lowest BCUT2D eigenvalue weighted by Gasteiger charge is -2.01. The van der Waals surface area contributed by atoms with Gasteiger partial charge >= 0.3 is 0 Å². The molecule has 0 radical (unpaired) electrons. The van der Waals surface area contributed by atoms with Crippen LogP contribution in [0.3, 0.4) is 0 Å². The number of aryl methyl sites for hydroxylation is 2. The van der Waals surface area contributed by atoms with Crippen molar-refractivity contribution >= 4 is 17.1 Å². The summed E-state index contributed by atoms with van der Waals surface area (Å²) >= 11 is 1.64. The van der Waals surface area contributed by atoms with Crippen LogP contribution in [0.15, 0.2) is 54.2 Å². The number of rotatable bonds is 6. The van der Waals surface area contributed by atoms with Gasteiger partial charge in [0, 0.05) is 47.2 Å². The molecule has 0 N–H and O–H groups in total. The number of halogens is 1. The number of nitrogens with zero attached hydrogens (tertiary/aromatic N) is 2. The SMILES string of the molecule is Cc1csc(-c2cc[n+](CCCC(=O)c3ccc(F)cc3)cc2)n1. The van der Waals surface area contributed by atoms with Gasteiger partial charge in [0.05, 0.1) is 0 Å². The summed E-state index contributed by atoms with van der Waals surface area (Å²) in [5.74, 6) is -0.275. The second-order valence-electron chi connectivity index (χ2n) is 5.65. The minimum atomic E-state index is -0.322. The maximum Gasteiger partial charge on any atom is 0.169 e. The standard InChI is InChI=1S/C19H18FN2OS/c1-14-13-24-19(21-14)16-8-11-22(12-9-16)10-2-3-18(23)15-4-6-17(20)7-5-15/h4-9,11-13H,2-3,10H2,1H3/q+1. The summed E-state index contributed by atoms with van der Waals surface area (Å²) in [7, 11) is 0. The Morgan fingerprint density at radius 3 is 2.50 bits per heavy atom. The first-order valence-corrected chi connectivity index (χ1v) is 8.70. The molecule has 0 atom stereocenters. The summed E-state index contributed by atoms with van der Waals surface area (Å²) in [5.41, 5.74) is 2.70. The molecule has 3 rings (SSSR count). The second kappa shape index (κ2) is 7.45. The summed E-state index contributed by atoms with van der Waals surface area (Å²) < 4.78 is 14.9. The van der Waals surface area contributed by atoms with E-state index in [2.05, 4.69) is 9.55 Å². The Morgan fingerprint density at radius 2 is 1.88 bits per heavy atom. The van der Waals surface area contributed by atoms with Crippen LogP contribution in [-0.2, 0) is 6.54 Å². The van der Waals surface area contributed by atoms with Crippen LogP contribution in [-0.4, -0.2) is 10.8 Å². The molecule has 122 valence electrons. The summed E-state index contributed by atoms with van der Waals surface area (Å²) in [5, 5.41) is 3.06. The number of thiazole rings is 1. The zero-order valence-electron chi connectivity index (χ0n) is 13.4. The Hall–Kier alpha value is -2.40. The van der Waals surface area contributed by atoms with E-state index in [9.17, 15) is 9.18 Å². The van der Waals surface area contributed by atoms with Crippen LogP contribution >= 0.6 is 11.3 Å². The molecule has 0 saturated heterocycles. The topological polar surface area (TPSA) is 33.8 Å². The number of pyridine rings is 1. The molecule has 0 spiro atoms. The Balaban J connectivity index is 1.53. The molecule has 3 aromatic rings.